The predicted octanol–water partition coefficient (Wildman–Crippen LogP) is 5.71. The number of phenolic OH excluding ortho intramolecular Hbond substituents is 2. The molecule has 0 saturated heterocycles. The summed E-state index contributed by atoms with van der Waals surface area (Å²) in [6, 6.07) is 8.88. The van der Waals surface area contributed by atoms with E-state index < -0.39 is 11.9 Å². The molecule has 9 heteroatoms. The van der Waals surface area contributed by atoms with Gasteiger partial charge in [0.1, 0.15) is 11.5 Å². The quantitative estimate of drug-likeness (QED) is 0.308. The average Bonchev–Trinajstić information content (AvgIpc) is 3.35. The van der Waals surface area contributed by atoms with Gasteiger partial charge in [0, 0.05) is 35.5 Å². The van der Waals surface area contributed by atoms with E-state index in [1.807, 2.05) is 12.4 Å². The standard InChI is InChI=1S/C33H48N2O2.2C2H4O2.Co/c1-20(2)11-24-13-26(32(36)30(15-24)22(5)6)18-34-28-9-10-29(17-28)35-19-27-14-25(12-21(3)4)16-31(23(7)8)33(27)37;2*1-2(3)4;/h13-16,18-23,28-29,36-37H,9-12,17H2,1-8H3;2*1H3,(H,3,4);/q;;;+2/p-2. The van der Waals surface area contributed by atoms with Crippen LogP contribution in [0.15, 0.2) is 34.3 Å². The Bertz CT molecular complexity index is 1210. The molecule has 2 unspecified atom stereocenters. The smallest absolute Gasteiger partial charge is 0.550 e. The van der Waals surface area contributed by atoms with Crippen LogP contribution in [-0.4, -0.2) is 46.7 Å². The largest absolute Gasteiger partial charge is 2.00 e. The maximum Gasteiger partial charge on any atom is 2.00 e. The van der Waals surface area contributed by atoms with E-state index in [0.717, 1.165) is 68.2 Å². The van der Waals surface area contributed by atoms with Crippen molar-refractivity contribution < 1.29 is 46.8 Å². The number of carbonyl (C=O) groups is 2. The minimum Gasteiger partial charge on any atom is -0.550 e. The van der Waals surface area contributed by atoms with Gasteiger partial charge in [-0.2, -0.15) is 0 Å². The molecule has 1 aliphatic carbocycles. The average molecular weight is 682 g/mol. The zero-order valence-electron chi connectivity index (χ0n) is 29.2. The van der Waals surface area contributed by atoms with E-state index in [9.17, 15) is 10.2 Å². The third-order valence-electron chi connectivity index (χ3n) is 7.22. The van der Waals surface area contributed by atoms with Crippen LogP contribution >= 0.6 is 0 Å². The van der Waals surface area contributed by atoms with E-state index in [1.54, 1.807) is 0 Å². The molecular formula is C37H54CoN2O6. The number of aliphatic carboxylic acids is 2. The number of aliphatic imine (C=N–C) groups is 2. The van der Waals surface area contributed by atoms with E-state index in [4.69, 9.17) is 29.8 Å². The first-order valence-corrected chi connectivity index (χ1v) is 16.0. The molecule has 0 aliphatic heterocycles. The Morgan fingerprint density at radius 1 is 0.717 bits per heavy atom. The van der Waals surface area contributed by atoms with Gasteiger partial charge >= 0.3 is 16.8 Å². The van der Waals surface area contributed by atoms with Crippen LogP contribution in [0.25, 0.3) is 0 Å². The summed E-state index contributed by atoms with van der Waals surface area (Å²) in [5.74, 6) is 0.190. The molecule has 1 saturated carbocycles. The number of nitrogens with zero attached hydrogens (tertiary/aromatic N) is 2. The fraction of sp³-hybridized carbons (Fsp3) is 0.568. The summed E-state index contributed by atoms with van der Waals surface area (Å²) in [5, 5.41) is 39.5. The fourth-order valence-corrected chi connectivity index (χ4v) is 5.32. The second-order valence-electron chi connectivity index (χ2n) is 13.4. The van der Waals surface area contributed by atoms with Gasteiger partial charge in [-0.1, -0.05) is 67.5 Å². The van der Waals surface area contributed by atoms with Gasteiger partial charge in [0.2, 0.25) is 0 Å². The molecule has 2 aromatic rings. The molecule has 2 atom stereocenters. The van der Waals surface area contributed by atoms with E-state index in [0.29, 0.717) is 23.3 Å². The maximum absolute atomic E-state index is 10.9. The van der Waals surface area contributed by atoms with Crippen LogP contribution in [0.2, 0.25) is 0 Å². The molecular weight excluding hydrogens is 627 g/mol. The summed E-state index contributed by atoms with van der Waals surface area (Å²) in [6.45, 7) is 19.3. The molecule has 3 rings (SSSR count). The van der Waals surface area contributed by atoms with Gasteiger partial charge in [-0.3, -0.25) is 9.98 Å². The molecule has 1 aliphatic rings. The number of benzene rings is 2. The van der Waals surface area contributed by atoms with Crippen LogP contribution in [0.5, 0.6) is 11.5 Å². The van der Waals surface area contributed by atoms with Crippen molar-refractivity contribution in [3.8, 4) is 11.5 Å². The number of rotatable bonds is 10. The Morgan fingerprint density at radius 3 is 1.28 bits per heavy atom. The minimum absolute atomic E-state index is 0. The Hall–Kier alpha value is -3.17. The summed E-state index contributed by atoms with van der Waals surface area (Å²) < 4.78 is 0. The molecule has 0 bridgehead atoms. The SMILES string of the molecule is CC(=O)[O-].CC(=O)[O-].CC(C)Cc1cc(C=NC2CCC(N=Cc3cc(CC(C)C)cc(C(C)C)c3O)C2)c(O)c(C(C)C)c1.[Co+2]. The second-order valence-corrected chi connectivity index (χ2v) is 13.4. The summed E-state index contributed by atoms with van der Waals surface area (Å²) in [6.07, 6.45) is 8.59. The molecule has 2 N–H and O–H groups in total. The molecule has 2 aromatic carbocycles. The Kier molecular flexibility index (Phi) is 19.4. The zero-order valence-corrected chi connectivity index (χ0v) is 30.3. The molecule has 0 aromatic heterocycles. The topological polar surface area (TPSA) is 145 Å². The van der Waals surface area contributed by atoms with Gasteiger partial charge in [-0.15, -0.1) is 0 Å². The van der Waals surface area contributed by atoms with E-state index in [2.05, 4.69) is 79.7 Å². The molecule has 0 heterocycles. The molecule has 8 nitrogen and oxygen atoms in total. The Labute approximate surface area is 286 Å². The number of hydrogen-bond donors (Lipinski definition) is 2. The summed E-state index contributed by atoms with van der Waals surface area (Å²) >= 11 is 0. The van der Waals surface area contributed by atoms with Gasteiger partial charge in [0.15, 0.2) is 0 Å². The van der Waals surface area contributed by atoms with Crippen molar-refractivity contribution >= 4 is 24.4 Å². The number of phenols is 2. The Balaban J connectivity index is 0.00000201. The molecule has 46 heavy (non-hydrogen) atoms. The van der Waals surface area contributed by atoms with Crippen molar-refractivity contribution in [2.24, 2.45) is 21.8 Å². The summed E-state index contributed by atoms with van der Waals surface area (Å²) in [5.41, 5.74) is 6.14. The van der Waals surface area contributed by atoms with Crippen LogP contribution < -0.4 is 10.2 Å². The monoisotopic (exact) mass is 681 g/mol. The number of carboxylic acids is 2. The molecule has 1 fully saturated rings. The van der Waals surface area contributed by atoms with Crippen LogP contribution in [0, 0.1) is 11.8 Å². The molecule has 0 spiro atoms. The predicted molar refractivity (Wildman–Crippen MR) is 179 cm³/mol. The fourth-order valence-electron chi connectivity index (χ4n) is 5.32. The number of hydrogen-bond acceptors (Lipinski definition) is 8. The van der Waals surface area contributed by atoms with Crippen molar-refractivity contribution in [1.82, 2.24) is 0 Å². The van der Waals surface area contributed by atoms with E-state index >= 15 is 0 Å². The van der Waals surface area contributed by atoms with Crippen molar-refractivity contribution in [1.29, 1.82) is 0 Å². The molecule has 1 radical (unpaired) electrons. The van der Waals surface area contributed by atoms with E-state index in [-0.39, 0.29) is 40.7 Å². The number of carbonyl (C=O) groups excluding carboxylic acids is 2. The zero-order chi connectivity index (χ0) is 34.4. The normalized spacial score (nSPS) is 16.0. The van der Waals surface area contributed by atoms with Gasteiger partial charge in [-0.05, 0) is 104 Å². The van der Waals surface area contributed by atoms with Crippen LogP contribution in [0.4, 0.5) is 0 Å². The van der Waals surface area contributed by atoms with Crippen LogP contribution in [0.3, 0.4) is 0 Å². The van der Waals surface area contributed by atoms with Gasteiger partial charge in [-0.25, -0.2) is 0 Å². The third-order valence-corrected chi connectivity index (χ3v) is 7.22. The number of aromatic hydroxyl groups is 2. The summed E-state index contributed by atoms with van der Waals surface area (Å²) in [7, 11) is 0. The first-order chi connectivity index (χ1) is 20.9. The van der Waals surface area contributed by atoms with Crippen LogP contribution in [-0.2, 0) is 39.2 Å². The number of carboxylic acid groups (broad SMARTS) is 2. The maximum atomic E-state index is 10.9. The van der Waals surface area contributed by atoms with Crippen molar-refractivity contribution in [3.63, 3.8) is 0 Å². The van der Waals surface area contributed by atoms with E-state index in [1.165, 1.54) is 11.1 Å². The minimum atomic E-state index is -1.08. The van der Waals surface area contributed by atoms with Crippen molar-refractivity contribution in [3.05, 3.63) is 57.6 Å². The first-order valence-electron chi connectivity index (χ1n) is 16.0. The van der Waals surface area contributed by atoms with Gasteiger partial charge < -0.3 is 30.0 Å². The molecule has 0 amide bonds. The van der Waals surface area contributed by atoms with Crippen molar-refractivity contribution in [2.45, 2.75) is 125 Å². The van der Waals surface area contributed by atoms with Gasteiger partial charge in [0.05, 0.1) is 12.1 Å². The third kappa shape index (κ3) is 15.9. The molecule has 257 valence electrons. The van der Waals surface area contributed by atoms with Crippen molar-refractivity contribution in [2.75, 3.05) is 0 Å². The second kappa shape index (κ2) is 20.8. The summed E-state index contributed by atoms with van der Waals surface area (Å²) in [4.78, 5) is 27.5. The first kappa shape index (κ1) is 42.8. The van der Waals surface area contributed by atoms with Crippen LogP contribution in [0.1, 0.15) is 134 Å². The Morgan fingerprint density at radius 2 is 1.02 bits per heavy atom. The van der Waals surface area contributed by atoms with Gasteiger partial charge in [0.25, 0.3) is 0 Å².